The summed E-state index contributed by atoms with van der Waals surface area (Å²) in [6.07, 6.45) is 0.862. The third kappa shape index (κ3) is 2.45. The Balaban J connectivity index is 2.49. The Morgan fingerprint density at radius 3 is 2.44 bits per heavy atom. The third-order valence-electron chi connectivity index (χ3n) is 3.37. The maximum atomic E-state index is 6.19. The highest BCUT2D eigenvalue weighted by Crippen LogP contribution is 2.33. The standard InChI is InChI=1S/C15H18ClNO/c1-3-15(2,10-17)18-14-9-8-13(16)11-6-4-5-7-12(11)14/h4-9H,3,10,17H2,1-2H3. The topological polar surface area (TPSA) is 35.2 Å². The number of hydrogen-bond donors (Lipinski definition) is 1. The zero-order valence-corrected chi connectivity index (χ0v) is 11.5. The van der Waals surface area contributed by atoms with Crippen molar-refractivity contribution in [1.82, 2.24) is 0 Å². The van der Waals surface area contributed by atoms with Crippen molar-refractivity contribution in [2.45, 2.75) is 25.9 Å². The molecule has 2 aromatic carbocycles. The highest BCUT2D eigenvalue weighted by molar-refractivity contribution is 6.35. The van der Waals surface area contributed by atoms with Crippen LogP contribution in [0.1, 0.15) is 20.3 Å². The van der Waals surface area contributed by atoms with Crippen molar-refractivity contribution in [1.29, 1.82) is 0 Å². The number of rotatable bonds is 4. The summed E-state index contributed by atoms with van der Waals surface area (Å²) in [5.74, 6) is 0.838. The number of ether oxygens (including phenoxy) is 1. The molecule has 1 unspecified atom stereocenters. The van der Waals surface area contributed by atoms with Gasteiger partial charge in [0.15, 0.2) is 0 Å². The third-order valence-corrected chi connectivity index (χ3v) is 3.70. The molecule has 0 aliphatic rings. The summed E-state index contributed by atoms with van der Waals surface area (Å²) >= 11 is 6.19. The minimum absolute atomic E-state index is 0.337. The molecule has 0 aromatic heterocycles. The number of halogens is 1. The quantitative estimate of drug-likeness (QED) is 0.905. The maximum absolute atomic E-state index is 6.19. The second-order valence-corrected chi connectivity index (χ2v) is 5.11. The van der Waals surface area contributed by atoms with Crippen LogP contribution in [0.25, 0.3) is 10.8 Å². The van der Waals surface area contributed by atoms with Crippen LogP contribution in [0, 0.1) is 0 Å². The van der Waals surface area contributed by atoms with Gasteiger partial charge in [0.2, 0.25) is 0 Å². The van der Waals surface area contributed by atoms with E-state index >= 15 is 0 Å². The van der Waals surface area contributed by atoms with Gasteiger partial charge in [-0.05, 0) is 25.5 Å². The molecule has 0 heterocycles. The van der Waals surface area contributed by atoms with E-state index in [9.17, 15) is 0 Å². The van der Waals surface area contributed by atoms with Crippen LogP contribution in [-0.2, 0) is 0 Å². The summed E-state index contributed by atoms with van der Waals surface area (Å²) < 4.78 is 6.08. The lowest BCUT2D eigenvalue weighted by Gasteiger charge is -2.28. The van der Waals surface area contributed by atoms with Crippen LogP contribution in [-0.4, -0.2) is 12.1 Å². The van der Waals surface area contributed by atoms with Gasteiger partial charge in [-0.2, -0.15) is 0 Å². The number of hydrogen-bond acceptors (Lipinski definition) is 2. The number of benzene rings is 2. The molecule has 0 saturated heterocycles. The van der Waals surface area contributed by atoms with Gasteiger partial charge in [0, 0.05) is 22.3 Å². The van der Waals surface area contributed by atoms with Crippen LogP contribution in [0.2, 0.25) is 5.02 Å². The van der Waals surface area contributed by atoms with Gasteiger partial charge in [-0.3, -0.25) is 0 Å². The molecule has 0 aliphatic heterocycles. The van der Waals surface area contributed by atoms with Crippen LogP contribution < -0.4 is 10.5 Å². The molecule has 2 N–H and O–H groups in total. The van der Waals surface area contributed by atoms with Crippen molar-refractivity contribution >= 4 is 22.4 Å². The van der Waals surface area contributed by atoms with E-state index in [1.54, 1.807) is 0 Å². The van der Waals surface area contributed by atoms with Crippen molar-refractivity contribution < 1.29 is 4.74 Å². The fraction of sp³-hybridized carbons (Fsp3) is 0.333. The van der Waals surface area contributed by atoms with Gasteiger partial charge in [-0.15, -0.1) is 0 Å². The fourth-order valence-electron chi connectivity index (χ4n) is 1.85. The average Bonchev–Trinajstić information content (AvgIpc) is 2.42. The van der Waals surface area contributed by atoms with Gasteiger partial charge in [0.25, 0.3) is 0 Å². The molecule has 2 nitrogen and oxygen atoms in total. The molecule has 1 atom stereocenters. The Kier molecular flexibility index (Phi) is 3.79. The SMILES string of the molecule is CCC(C)(CN)Oc1ccc(Cl)c2ccccc12. The van der Waals surface area contributed by atoms with Gasteiger partial charge >= 0.3 is 0 Å². The summed E-state index contributed by atoms with van der Waals surface area (Å²) in [4.78, 5) is 0. The monoisotopic (exact) mass is 263 g/mol. The Morgan fingerprint density at radius 1 is 1.17 bits per heavy atom. The minimum Gasteiger partial charge on any atom is -0.486 e. The lowest BCUT2D eigenvalue weighted by molar-refractivity contribution is 0.0955. The maximum Gasteiger partial charge on any atom is 0.128 e. The highest BCUT2D eigenvalue weighted by Gasteiger charge is 2.23. The van der Waals surface area contributed by atoms with E-state index in [1.807, 2.05) is 43.3 Å². The molecular formula is C15H18ClNO. The van der Waals surface area contributed by atoms with Crippen molar-refractivity contribution in [3.63, 3.8) is 0 Å². The van der Waals surface area contributed by atoms with Gasteiger partial charge in [-0.1, -0.05) is 42.8 Å². The van der Waals surface area contributed by atoms with E-state index in [1.165, 1.54) is 0 Å². The highest BCUT2D eigenvalue weighted by atomic mass is 35.5. The predicted octanol–water partition coefficient (Wildman–Crippen LogP) is 4.00. The molecule has 0 aliphatic carbocycles. The molecule has 18 heavy (non-hydrogen) atoms. The Bertz CT molecular complexity index is 549. The van der Waals surface area contributed by atoms with E-state index in [2.05, 4.69) is 6.92 Å². The smallest absolute Gasteiger partial charge is 0.128 e. The first kappa shape index (κ1) is 13.2. The van der Waals surface area contributed by atoms with Crippen molar-refractivity contribution in [3.8, 4) is 5.75 Å². The van der Waals surface area contributed by atoms with Crippen LogP contribution in [0.5, 0.6) is 5.75 Å². The lowest BCUT2D eigenvalue weighted by atomic mass is 10.0. The Morgan fingerprint density at radius 2 is 1.83 bits per heavy atom. The summed E-state index contributed by atoms with van der Waals surface area (Å²) in [7, 11) is 0. The fourth-order valence-corrected chi connectivity index (χ4v) is 2.08. The van der Waals surface area contributed by atoms with Crippen molar-refractivity contribution in [2.24, 2.45) is 5.73 Å². The van der Waals surface area contributed by atoms with Crippen molar-refractivity contribution in [2.75, 3.05) is 6.54 Å². The summed E-state index contributed by atoms with van der Waals surface area (Å²) in [6.45, 7) is 4.59. The van der Waals surface area contributed by atoms with Crippen LogP contribution in [0.3, 0.4) is 0 Å². The number of nitrogens with two attached hydrogens (primary N) is 1. The Labute approximate surface area is 113 Å². The molecule has 0 spiro atoms. The molecule has 96 valence electrons. The summed E-state index contributed by atoms with van der Waals surface area (Å²) in [5.41, 5.74) is 5.45. The second kappa shape index (κ2) is 5.17. The molecule has 0 saturated carbocycles. The van der Waals surface area contributed by atoms with Crippen LogP contribution in [0.15, 0.2) is 36.4 Å². The molecule has 2 aromatic rings. The van der Waals surface area contributed by atoms with Gasteiger partial charge in [0.05, 0.1) is 0 Å². The zero-order valence-electron chi connectivity index (χ0n) is 10.7. The van der Waals surface area contributed by atoms with E-state index in [0.717, 1.165) is 28.0 Å². The van der Waals surface area contributed by atoms with Gasteiger partial charge < -0.3 is 10.5 Å². The first-order valence-electron chi connectivity index (χ1n) is 6.16. The van der Waals surface area contributed by atoms with E-state index in [-0.39, 0.29) is 5.60 Å². The second-order valence-electron chi connectivity index (χ2n) is 4.70. The predicted molar refractivity (Wildman–Crippen MR) is 77.3 cm³/mol. The van der Waals surface area contributed by atoms with E-state index in [0.29, 0.717) is 6.54 Å². The molecule has 0 fully saturated rings. The molecule has 0 bridgehead atoms. The van der Waals surface area contributed by atoms with Crippen LogP contribution in [0.4, 0.5) is 0 Å². The molecular weight excluding hydrogens is 246 g/mol. The molecule has 0 radical (unpaired) electrons. The Hall–Kier alpha value is -1.25. The van der Waals surface area contributed by atoms with Crippen LogP contribution >= 0.6 is 11.6 Å². The van der Waals surface area contributed by atoms with E-state index < -0.39 is 0 Å². The van der Waals surface area contributed by atoms with Gasteiger partial charge in [0.1, 0.15) is 11.4 Å². The molecule has 0 amide bonds. The number of fused-ring (bicyclic) bond motifs is 1. The molecule has 3 heteroatoms. The minimum atomic E-state index is -0.337. The lowest BCUT2D eigenvalue weighted by Crippen LogP contribution is -2.39. The normalized spacial score (nSPS) is 14.4. The summed E-state index contributed by atoms with van der Waals surface area (Å²) in [5, 5.41) is 2.77. The first-order valence-corrected chi connectivity index (χ1v) is 6.54. The van der Waals surface area contributed by atoms with E-state index in [4.69, 9.17) is 22.1 Å². The first-order chi connectivity index (χ1) is 8.59. The zero-order chi connectivity index (χ0) is 13.2. The average molecular weight is 264 g/mol. The van der Waals surface area contributed by atoms with Gasteiger partial charge in [-0.25, -0.2) is 0 Å². The largest absolute Gasteiger partial charge is 0.486 e. The van der Waals surface area contributed by atoms with Crippen molar-refractivity contribution in [3.05, 3.63) is 41.4 Å². The molecule has 2 rings (SSSR count). The summed E-state index contributed by atoms with van der Waals surface area (Å²) in [6, 6.07) is 11.7.